The van der Waals surface area contributed by atoms with E-state index >= 15 is 0 Å². The zero-order valence-corrected chi connectivity index (χ0v) is 8.90. The summed E-state index contributed by atoms with van der Waals surface area (Å²) in [5, 5.41) is 0. The Morgan fingerprint density at radius 3 is 2.43 bits per heavy atom. The second kappa shape index (κ2) is 4.69. The Bertz CT molecular complexity index is 299. The Balaban J connectivity index is 2.96. The van der Waals surface area contributed by atoms with E-state index in [9.17, 15) is 0 Å². The third-order valence-electron chi connectivity index (χ3n) is 1.58. The quantitative estimate of drug-likeness (QED) is 0.739. The number of aromatic nitrogens is 1. The Morgan fingerprint density at radius 1 is 1.21 bits per heavy atom. The molecule has 4 nitrogen and oxygen atoms in total. The topological polar surface area (TPSA) is 40.6 Å². The molecule has 1 aromatic rings. The van der Waals surface area contributed by atoms with E-state index in [1.807, 2.05) is 13.8 Å². The van der Waals surface area contributed by atoms with Crippen LogP contribution in [-0.4, -0.2) is 25.3 Å². The highest BCUT2D eigenvalue weighted by Gasteiger charge is 2.09. The van der Waals surface area contributed by atoms with Gasteiger partial charge in [-0.25, -0.2) is 4.98 Å². The Labute approximate surface area is 83.8 Å². The Hall–Kier alpha value is -1.45. The van der Waals surface area contributed by atoms with Gasteiger partial charge in [0.2, 0.25) is 0 Å². The van der Waals surface area contributed by atoms with Gasteiger partial charge in [0, 0.05) is 6.07 Å². The lowest BCUT2D eigenvalue weighted by Crippen LogP contribution is -2.07. The van der Waals surface area contributed by atoms with Crippen molar-refractivity contribution < 1.29 is 14.2 Å². The molecule has 0 spiro atoms. The van der Waals surface area contributed by atoms with Crippen molar-refractivity contribution in [2.24, 2.45) is 0 Å². The molecule has 0 N–H and O–H groups in total. The van der Waals surface area contributed by atoms with Gasteiger partial charge < -0.3 is 14.2 Å². The van der Waals surface area contributed by atoms with Gasteiger partial charge >= 0.3 is 0 Å². The average molecular weight is 197 g/mol. The van der Waals surface area contributed by atoms with Crippen molar-refractivity contribution >= 4 is 0 Å². The maximum Gasteiger partial charge on any atom is 0.256 e. The molecular weight excluding hydrogens is 182 g/mol. The summed E-state index contributed by atoms with van der Waals surface area (Å²) in [5.41, 5.74) is 0. The predicted octanol–water partition coefficient (Wildman–Crippen LogP) is 1.89. The highest BCUT2D eigenvalue weighted by molar-refractivity contribution is 5.39. The van der Waals surface area contributed by atoms with Gasteiger partial charge in [-0.2, -0.15) is 0 Å². The average Bonchev–Trinajstić information content (AvgIpc) is 2.16. The van der Waals surface area contributed by atoms with Crippen molar-refractivity contribution in [3.8, 4) is 17.4 Å². The van der Waals surface area contributed by atoms with Crippen molar-refractivity contribution in [3.05, 3.63) is 12.3 Å². The number of nitrogens with zero attached hydrogens (tertiary/aromatic N) is 1. The van der Waals surface area contributed by atoms with Crippen LogP contribution in [0.2, 0.25) is 0 Å². The SMILES string of the molecule is COc1cnc(OC)c(OC(C)C)c1. The molecule has 4 heteroatoms. The number of hydrogen-bond donors (Lipinski definition) is 0. The van der Waals surface area contributed by atoms with Gasteiger partial charge in [0.25, 0.3) is 5.88 Å². The van der Waals surface area contributed by atoms with Crippen LogP contribution in [-0.2, 0) is 0 Å². The molecule has 0 aliphatic carbocycles. The number of ether oxygens (including phenoxy) is 3. The number of methoxy groups -OCH3 is 2. The molecule has 14 heavy (non-hydrogen) atoms. The fourth-order valence-corrected chi connectivity index (χ4v) is 1.02. The predicted molar refractivity (Wildman–Crippen MR) is 53.1 cm³/mol. The van der Waals surface area contributed by atoms with Crippen LogP contribution in [0.1, 0.15) is 13.8 Å². The van der Waals surface area contributed by atoms with E-state index in [2.05, 4.69) is 4.98 Å². The molecule has 1 rings (SSSR count). The van der Waals surface area contributed by atoms with Gasteiger partial charge in [-0.1, -0.05) is 0 Å². The minimum atomic E-state index is 0.0813. The first kappa shape index (κ1) is 10.6. The van der Waals surface area contributed by atoms with Crippen LogP contribution in [0.15, 0.2) is 12.3 Å². The molecule has 0 fully saturated rings. The zero-order valence-electron chi connectivity index (χ0n) is 8.90. The summed E-state index contributed by atoms with van der Waals surface area (Å²) in [6, 6.07) is 1.76. The highest BCUT2D eigenvalue weighted by atomic mass is 16.5. The molecule has 0 saturated heterocycles. The second-order valence-electron chi connectivity index (χ2n) is 3.05. The highest BCUT2D eigenvalue weighted by Crippen LogP contribution is 2.28. The standard InChI is InChI=1S/C10H15NO3/c1-7(2)14-9-5-8(12-3)6-11-10(9)13-4/h5-7H,1-4H3. The number of hydrogen-bond acceptors (Lipinski definition) is 4. The molecule has 0 saturated carbocycles. The number of rotatable bonds is 4. The van der Waals surface area contributed by atoms with Crippen LogP contribution in [0.25, 0.3) is 0 Å². The smallest absolute Gasteiger partial charge is 0.256 e. The van der Waals surface area contributed by atoms with E-state index in [0.29, 0.717) is 17.4 Å². The van der Waals surface area contributed by atoms with Gasteiger partial charge in [-0.3, -0.25) is 0 Å². The Morgan fingerprint density at radius 2 is 1.93 bits per heavy atom. The lowest BCUT2D eigenvalue weighted by molar-refractivity contribution is 0.225. The van der Waals surface area contributed by atoms with Gasteiger partial charge in [0.1, 0.15) is 5.75 Å². The molecule has 0 unspecified atom stereocenters. The molecule has 0 radical (unpaired) electrons. The summed E-state index contributed by atoms with van der Waals surface area (Å²) in [7, 11) is 3.14. The largest absolute Gasteiger partial charge is 0.495 e. The molecule has 0 amide bonds. The van der Waals surface area contributed by atoms with Crippen molar-refractivity contribution in [2.45, 2.75) is 20.0 Å². The summed E-state index contributed by atoms with van der Waals surface area (Å²) in [6.45, 7) is 3.89. The van der Waals surface area contributed by atoms with E-state index in [0.717, 1.165) is 0 Å². The van der Waals surface area contributed by atoms with E-state index in [-0.39, 0.29) is 6.10 Å². The minimum Gasteiger partial charge on any atom is -0.495 e. The fraction of sp³-hybridized carbons (Fsp3) is 0.500. The lowest BCUT2D eigenvalue weighted by atomic mass is 10.4. The van der Waals surface area contributed by atoms with E-state index in [4.69, 9.17) is 14.2 Å². The second-order valence-corrected chi connectivity index (χ2v) is 3.05. The molecule has 1 aromatic heterocycles. The molecule has 0 bridgehead atoms. The van der Waals surface area contributed by atoms with Crippen LogP contribution < -0.4 is 14.2 Å². The van der Waals surface area contributed by atoms with Crippen LogP contribution in [0.3, 0.4) is 0 Å². The Kier molecular flexibility index (Phi) is 3.56. The first-order valence-electron chi connectivity index (χ1n) is 4.42. The van der Waals surface area contributed by atoms with E-state index < -0.39 is 0 Å². The monoisotopic (exact) mass is 197 g/mol. The molecule has 1 heterocycles. The van der Waals surface area contributed by atoms with E-state index in [1.165, 1.54) is 0 Å². The molecule has 0 atom stereocenters. The normalized spacial score (nSPS) is 10.1. The summed E-state index contributed by atoms with van der Waals surface area (Å²) in [4.78, 5) is 4.05. The van der Waals surface area contributed by atoms with E-state index in [1.54, 1.807) is 26.5 Å². The first-order valence-corrected chi connectivity index (χ1v) is 4.42. The molecular formula is C10H15NO3. The van der Waals surface area contributed by atoms with Crippen molar-refractivity contribution in [1.29, 1.82) is 0 Å². The van der Waals surface area contributed by atoms with Crippen LogP contribution in [0, 0.1) is 0 Å². The molecule has 0 aliphatic heterocycles. The molecule has 78 valence electrons. The first-order chi connectivity index (χ1) is 6.67. The summed E-state index contributed by atoms with van der Waals surface area (Å²) < 4.78 is 15.6. The molecule has 0 aliphatic rings. The van der Waals surface area contributed by atoms with Crippen molar-refractivity contribution in [2.75, 3.05) is 14.2 Å². The third-order valence-corrected chi connectivity index (χ3v) is 1.58. The summed E-state index contributed by atoms with van der Waals surface area (Å²) in [6.07, 6.45) is 1.67. The van der Waals surface area contributed by atoms with Gasteiger partial charge in [-0.15, -0.1) is 0 Å². The molecule has 0 aromatic carbocycles. The zero-order chi connectivity index (χ0) is 10.6. The third kappa shape index (κ3) is 2.52. The minimum absolute atomic E-state index is 0.0813. The van der Waals surface area contributed by atoms with Crippen LogP contribution >= 0.6 is 0 Å². The van der Waals surface area contributed by atoms with Crippen molar-refractivity contribution in [3.63, 3.8) is 0 Å². The number of pyridine rings is 1. The van der Waals surface area contributed by atoms with Crippen LogP contribution in [0.4, 0.5) is 0 Å². The fourth-order valence-electron chi connectivity index (χ4n) is 1.02. The van der Waals surface area contributed by atoms with Gasteiger partial charge in [0.15, 0.2) is 5.75 Å². The maximum atomic E-state index is 5.51. The maximum absolute atomic E-state index is 5.51. The van der Waals surface area contributed by atoms with Crippen molar-refractivity contribution in [1.82, 2.24) is 4.98 Å². The van der Waals surface area contributed by atoms with Gasteiger partial charge in [-0.05, 0) is 13.8 Å². The van der Waals surface area contributed by atoms with Gasteiger partial charge in [0.05, 0.1) is 26.5 Å². The summed E-state index contributed by atoms with van der Waals surface area (Å²) in [5.74, 6) is 1.72. The lowest BCUT2D eigenvalue weighted by Gasteiger charge is -2.13. The van der Waals surface area contributed by atoms with Crippen LogP contribution in [0.5, 0.6) is 17.4 Å². The summed E-state index contributed by atoms with van der Waals surface area (Å²) >= 11 is 0.